The van der Waals surface area contributed by atoms with E-state index in [4.69, 9.17) is 5.84 Å². The van der Waals surface area contributed by atoms with Crippen LogP contribution in [0.2, 0.25) is 0 Å². The molecule has 1 fully saturated rings. The number of hydrogen-bond donors (Lipinski definition) is 3. The van der Waals surface area contributed by atoms with Crippen molar-refractivity contribution in [3.63, 3.8) is 0 Å². The van der Waals surface area contributed by atoms with E-state index in [0.717, 1.165) is 25.0 Å². The number of aromatic nitrogens is 2. The first-order chi connectivity index (χ1) is 9.22. The van der Waals surface area contributed by atoms with Crippen molar-refractivity contribution in [2.75, 3.05) is 10.7 Å². The van der Waals surface area contributed by atoms with Gasteiger partial charge in [0.05, 0.1) is 6.20 Å². The zero-order valence-corrected chi connectivity index (χ0v) is 11.3. The van der Waals surface area contributed by atoms with Gasteiger partial charge in [0.25, 0.3) is 0 Å². The van der Waals surface area contributed by atoms with Gasteiger partial charge in [-0.1, -0.05) is 19.8 Å². The molecule has 5 nitrogen and oxygen atoms in total. The number of hydrogen-bond acceptors (Lipinski definition) is 5. The van der Waals surface area contributed by atoms with Crippen LogP contribution in [0.15, 0.2) is 6.20 Å². The van der Waals surface area contributed by atoms with Gasteiger partial charge in [0.2, 0.25) is 5.95 Å². The first-order valence-electron chi connectivity index (χ1n) is 6.98. The lowest BCUT2D eigenvalue weighted by molar-refractivity contribution is 0.318. The number of anilines is 2. The highest BCUT2D eigenvalue weighted by molar-refractivity contribution is 5.41. The summed E-state index contributed by atoms with van der Waals surface area (Å²) >= 11 is 0. The van der Waals surface area contributed by atoms with Crippen LogP contribution in [0.4, 0.5) is 16.2 Å². The van der Waals surface area contributed by atoms with Gasteiger partial charge in [0.15, 0.2) is 11.6 Å². The Morgan fingerprint density at radius 2 is 2.11 bits per heavy atom. The lowest BCUT2D eigenvalue weighted by Gasteiger charge is -2.29. The molecule has 0 spiro atoms. The molecule has 0 radical (unpaired) electrons. The predicted octanol–water partition coefficient (Wildman–Crippen LogP) is 2.67. The average molecular weight is 267 g/mol. The number of nitrogen functional groups attached to an aromatic ring is 1. The molecular weight excluding hydrogens is 245 g/mol. The Kier molecular flexibility index (Phi) is 4.90. The van der Waals surface area contributed by atoms with Crippen LogP contribution in [-0.4, -0.2) is 16.0 Å². The summed E-state index contributed by atoms with van der Waals surface area (Å²) < 4.78 is 13.6. The van der Waals surface area contributed by atoms with Gasteiger partial charge < -0.3 is 5.32 Å². The Labute approximate surface area is 113 Å². The fourth-order valence-electron chi connectivity index (χ4n) is 2.73. The van der Waals surface area contributed by atoms with Gasteiger partial charge in [-0.05, 0) is 31.6 Å². The largest absolute Gasteiger partial charge is 0.365 e. The second-order valence-electron chi connectivity index (χ2n) is 5.19. The Bertz CT molecular complexity index is 404. The molecule has 0 atom stereocenters. The molecule has 1 aromatic rings. The zero-order chi connectivity index (χ0) is 13.7. The smallest absolute Gasteiger partial charge is 0.239 e. The molecule has 19 heavy (non-hydrogen) atoms. The molecule has 0 saturated heterocycles. The van der Waals surface area contributed by atoms with Crippen LogP contribution < -0.4 is 16.6 Å². The van der Waals surface area contributed by atoms with Gasteiger partial charge in [0, 0.05) is 6.04 Å². The van der Waals surface area contributed by atoms with Crippen molar-refractivity contribution in [1.82, 2.24) is 9.97 Å². The average Bonchev–Trinajstić information content (AvgIpc) is 2.44. The first-order valence-corrected chi connectivity index (χ1v) is 6.98. The monoisotopic (exact) mass is 267 g/mol. The number of halogens is 1. The van der Waals surface area contributed by atoms with Crippen molar-refractivity contribution in [2.45, 2.75) is 51.5 Å². The third kappa shape index (κ3) is 3.76. The van der Waals surface area contributed by atoms with E-state index in [1.165, 1.54) is 25.7 Å². The summed E-state index contributed by atoms with van der Waals surface area (Å²) in [5.41, 5.74) is 2.33. The van der Waals surface area contributed by atoms with Gasteiger partial charge in [-0.15, -0.1) is 0 Å². The van der Waals surface area contributed by atoms with Crippen LogP contribution in [0.5, 0.6) is 0 Å². The quantitative estimate of drug-likeness (QED) is 0.565. The molecule has 2 rings (SSSR count). The molecule has 1 heterocycles. The minimum absolute atomic E-state index is 0.226. The molecule has 4 N–H and O–H groups in total. The summed E-state index contributed by atoms with van der Waals surface area (Å²) in [5.74, 6) is 6.09. The molecule has 1 aromatic heterocycles. The molecule has 1 aliphatic carbocycles. The molecule has 106 valence electrons. The standard InChI is InChI=1S/C13H22FN5/c1-2-3-9-4-6-10(7-5-9)17-12-11(14)8-16-13(18-12)19-15/h8-10H,2-7,15H2,1H3,(H2,16,17,18,19). The maximum atomic E-state index is 13.6. The van der Waals surface area contributed by atoms with Crippen LogP contribution in [-0.2, 0) is 0 Å². The fourth-order valence-corrected chi connectivity index (χ4v) is 2.73. The first kappa shape index (κ1) is 14.0. The predicted molar refractivity (Wildman–Crippen MR) is 74.1 cm³/mol. The molecule has 0 amide bonds. The highest BCUT2D eigenvalue weighted by atomic mass is 19.1. The molecule has 0 aromatic carbocycles. The summed E-state index contributed by atoms with van der Waals surface area (Å²) in [6.07, 6.45) is 8.23. The van der Waals surface area contributed by atoms with Crippen LogP contribution in [0.3, 0.4) is 0 Å². The Balaban J connectivity index is 1.91. The highest BCUT2D eigenvalue weighted by Gasteiger charge is 2.21. The van der Waals surface area contributed by atoms with E-state index in [2.05, 4.69) is 27.6 Å². The van der Waals surface area contributed by atoms with Gasteiger partial charge in [-0.25, -0.2) is 15.2 Å². The van der Waals surface area contributed by atoms with Gasteiger partial charge in [0.1, 0.15) is 0 Å². The van der Waals surface area contributed by atoms with Crippen molar-refractivity contribution >= 4 is 11.8 Å². The summed E-state index contributed by atoms with van der Waals surface area (Å²) in [6.45, 7) is 2.22. The van der Waals surface area contributed by atoms with E-state index in [1.54, 1.807) is 0 Å². The van der Waals surface area contributed by atoms with E-state index in [0.29, 0.717) is 6.04 Å². The molecule has 6 heteroatoms. The normalized spacial score (nSPS) is 23.1. The number of rotatable bonds is 5. The van der Waals surface area contributed by atoms with Crippen molar-refractivity contribution < 1.29 is 4.39 Å². The number of nitrogens with zero attached hydrogens (tertiary/aromatic N) is 2. The van der Waals surface area contributed by atoms with Crippen molar-refractivity contribution in [3.05, 3.63) is 12.0 Å². The fraction of sp³-hybridized carbons (Fsp3) is 0.692. The van der Waals surface area contributed by atoms with Crippen molar-refractivity contribution in [3.8, 4) is 0 Å². The topological polar surface area (TPSA) is 75.9 Å². The van der Waals surface area contributed by atoms with E-state index in [-0.39, 0.29) is 11.8 Å². The van der Waals surface area contributed by atoms with E-state index >= 15 is 0 Å². The zero-order valence-electron chi connectivity index (χ0n) is 11.3. The summed E-state index contributed by atoms with van der Waals surface area (Å²) in [4.78, 5) is 7.73. The van der Waals surface area contributed by atoms with Crippen LogP contribution in [0.25, 0.3) is 0 Å². The molecule has 0 unspecified atom stereocenters. The Hall–Kier alpha value is -1.43. The molecule has 1 aliphatic rings. The van der Waals surface area contributed by atoms with Crippen LogP contribution >= 0.6 is 0 Å². The number of nitrogens with one attached hydrogen (secondary N) is 2. The molecular formula is C13H22FN5. The van der Waals surface area contributed by atoms with Crippen molar-refractivity contribution in [2.24, 2.45) is 11.8 Å². The summed E-state index contributed by atoms with van der Waals surface area (Å²) in [6, 6.07) is 0.295. The third-order valence-electron chi connectivity index (χ3n) is 3.76. The minimum Gasteiger partial charge on any atom is -0.365 e. The second kappa shape index (κ2) is 6.65. The number of hydrazine groups is 1. The summed E-state index contributed by atoms with van der Waals surface area (Å²) in [7, 11) is 0. The Morgan fingerprint density at radius 3 is 2.74 bits per heavy atom. The molecule has 1 saturated carbocycles. The highest BCUT2D eigenvalue weighted by Crippen LogP contribution is 2.29. The van der Waals surface area contributed by atoms with Crippen LogP contribution in [0, 0.1) is 11.7 Å². The van der Waals surface area contributed by atoms with Gasteiger partial charge in [-0.2, -0.15) is 4.98 Å². The molecule has 0 bridgehead atoms. The third-order valence-corrected chi connectivity index (χ3v) is 3.76. The summed E-state index contributed by atoms with van der Waals surface area (Å²) in [5, 5.41) is 3.16. The Morgan fingerprint density at radius 1 is 1.37 bits per heavy atom. The SMILES string of the molecule is CCCC1CCC(Nc2nc(NN)ncc2F)CC1. The lowest BCUT2D eigenvalue weighted by Crippen LogP contribution is -2.27. The maximum Gasteiger partial charge on any atom is 0.239 e. The van der Waals surface area contributed by atoms with E-state index in [1.807, 2.05) is 0 Å². The second-order valence-corrected chi connectivity index (χ2v) is 5.19. The van der Waals surface area contributed by atoms with Gasteiger partial charge in [-0.3, -0.25) is 5.43 Å². The lowest BCUT2D eigenvalue weighted by atomic mass is 9.83. The van der Waals surface area contributed by atoms with Gasteiger partial charge >= 0.3 is 0 Å². The number of nitrogens with two attached hydrogens (primary N) is 1. The van der Waals surface area contributed by atoms with E-state index < -0.39 is 5.82 Å². The molecule has 0 aliphatic heterocycles. The maximum absolute atomic E-state index is 13.6. The van der Waals surface area contributed by atoms with Crippen molar-refractivity contribution in [1.29, 1.82) is 0 Å². The minimum atomic E-state index is -0.435. The van der Waals surface area contributed by atoms with Crippen LogP contribution in [0.1, 0.15) is 45.4 Å². The van der Waals surface area contributed by atoms with E-state index in [9.17, 15) is 4.39 Å².